The number of fused-ring (bicyclic) bond motifs is 2. The SMILES string of the molecule is C=C1CC(=O)c2cc(Cc3ccc4c(c3)C(=O)CC4=O)ccc21. The second-order valence-electron chi connectivity index (χ2n) is 6.16. The molecule has 3 heteroatoms. The Morgan fingerprint density at radius 2 is 1.22 bits per heavy atom. The number of hydrogen-bond donors (Lipinski definition) is 0. The number of carbonyl (C=O) groups is 3. The Hall–Kier alpha value is -2.81. The molecular weight excluding hydrogens is 288 g/mol. The van der Waals surface area contributed by atoms with Crippen LogP contribution >= 0.6 is 0 Å². The number of benzene rings is 2. The molecule has 23 heavy (non-hydrogen) atoms. The van der Waals surface area contributed by atoms with Gasteiger partial charge in [-0.3, -0.25) is 14.4 Å². The number of Topliss-reactive ketones (excluding diaryl/α,β-unsaturated/α-hetero) is 3. The molecule has 0 amide bonds. The summed E-state index contributed by atoms with van der Waals surface area (Å²) in [6.45, 7) is 3.92. The minimum atomic E-state index is -0.104. The molecule has 0 aliphatic heterocycles. The molecule has 3 nitrogen and oxygen atoms in total. The third-order valence-corrected chi connectivity index (χ3v) is 4.55. The van der Waals surface area contributed by atoms with Gasteiger partial charge in [0.15, 0.2) is 17.3 Å². The summed E-state index contributed by atoms with van der Waals surface area (Å²) < 4.78 is 0. The highest BCUT2D eigenvalue weighted by molar-refractivity contribution is 6.24. The van der Waals surface area contributed by atoms with E-state index in [0.717, 1.165) is 27.8 Å². The van der Waals surface area contributed by atoms with Gasteiger partial charge in [0.1, 0.15) is 0 Å². The molecule has 4 rings (SSSR count). The fourth-order valence-electron chi connectivity index (χ4n) is 3.37. The van der Waals surface area contributed by atoms with Crippen LogP contribution in [0.15, 0.2) is 43.0 Å². The maximum atomic E-state index is 12.0. The van der Waals surface area contributed by atoms with Crippen molar-refractivity contribution >= 4 is 22.9 Å². The largest absolute Gasteiger partial charge is 0.294 e. The fourth-order valence-corrected chi connectivity index (χ4v) is 3.37. The summed E-state index contributed by atoms with van der Waals surface area (Å²) in [7, 11) is 0. The lowest BCUT2D eigenvalue weighted by Crippen LogP contribution is -1.97. The van der Waals surface area contributed by atoms with E-state index in [0.29, 0.717) is 24.0 Å². The van der Waals surface area contributed by atoms with Crippen molar-refractivity contribution in [2.75, 3.05) is 0 Å². The Morgan fingerprint density at radius 3 is 1.91 bits per heavy atom. The molecule has 0 heterocycles. The Balaban J connectivity index is 1.68. The van der Waals surface area contributed by atoms with Crippen molar-refractivity contribution in [2.24, 2.45) is 0 Å². The quantitative estimate of drug-likeness (QED) is 0.796. The molecule has 112 valence electrons. The van der Waals surface area contributed by atoms with Gasteiger partial charge in [-0.05, 0) is 40.8 Å². The molecule has 0 saturated heterocycles. The van der Waals surface area contributed by atoms with E-state index in [2.05, 4.69) is 6.58 Å². The van der Waals surface area contributed by atoms with Crippen LogP contribution in [0.1, 0.15) is 60.6 Å². The lowest BCUT2D eigenvalue weighted by Gasteiger charge is -2.06. The van der Waals surface area contributed by atoms with Crippen molar-refractivity contribution < 1.29 is 14.4 Å². The first-order chi connectivity index (χ1) is 11.0. The van der Waals surface area contributed by atoms with E-state index in [9.17, 15) is 14.4 Å². The van der Waals surface area contributed by atoms with Gasteiger partial charge in [0.2, 0.25) is 0 Å². The maximum Gasteiger partial charge on any atom is 0.171 e. The molecule has 2 aromatic carbocycles. The van der Waals surface area contributed by atoms with Crippen molar-refractivity contribution in [3.8, 4) is 0 Å². The zero-order valence-electron chi connectivity index (χ0n) is 12.5. The Kier molecular flexibility index (Phi) is 2.91. The van der Waals surface area contributed by atoms with Crippen LogP contribution in [0.4, 0.5) is 0 Å². The third-order valence-electron chi connectivity index (χ3n) is 4.55. The smallest absolute Gasteiger partial charge is 0.171 e. The lowest BCUT2D eigenvalue weighted by atomic mass is 9.97. The van der Waals surface area contributed by atoms with Crippen LogP contribution < -0.4 is 0 Å². The van der Waals surface area contributed by atoms with Crippen molar-refractivity contribution in [2.45, 2.75) is 19.3 Å². The predicted octanol–water partition coefficient (Wildman–Crippen LogP) is 3.65. The Morgan fingerprint density at radius 1 is 0.696 bits per heavy atom. The zero-order valence-corrected chi connectivity index (χ0v) is 12.5. The zero-order chi connectivity index (χ0) is 16.1. The van der Waals surface area contributed by atoms with Gasteiger partial charge in [0.05, 0.1) is 6.42 Å². The second-order valence-corrected chi connectivity index (χ2v) is 6.16. The summed E-state index contributed by atoms with van der Waals surface area (Å²) in [6, 6.07) is 11.3. The topological polar surface area (TPSA) is 51.2 Å². The molecule has 0 aromatic heterocycles. The van der Waals surface area contributed by atoms with E-state index < -0.39 is 0 Å². The molecule has 0 unspecified atom stereocenters. The van der Waals surface area contributed by atoms with E-state index in [4.69, 9.17) is 0 Å². The number of hydrogen-bond acceptors (Lipinski definition) is 3. The number of carbonyl (C=O) groups excluding carboxylic acids is 3. The standard InChI is InChI=1S/C20H14O3/c1-11-6-18(21)16-8-12(2-4-14(11)16)7-13-3-5-15-17(9-13)20(23)10-19(15)22/h2-5,8-9H,1,6-7,10H2. The fraction of sp³-hybridized carbons (Fsp3) is 0.150. The molecule has 0 atom stereocenters. The van der Waals surface area contributed by atoms with Crippen molar-refractivity contribution in [1.29, 1.82) is 0 Å². The van der Waals surface area contributed by atoms with Crippen molar-refractivity contribution in [3.63, 3.8) is 0 Å². The van der Waals surface area contributed by atoms with Crippen molar-refractivity contribution in [1.82, 2.24) is 0 Å². The first-order valence-corrected chi connectivity index (χ1v) is 7.56. The van der Waals surface area contributed by atoms with Gasteiger partial charge in [-0.15, -0.1) is 0 Å². The summed E-state index contributed by atoms with van der Waals surface area (Å²) in [5.41, 5.74) is 5.59. The van der Waals surface area contributed by atoms with Gasteiger partial charge >= 0.3 is 0 Å². The average Bonchev–Trinajstić information content (AvgIpc) is 2.96. The number of rotatable bonds is 2. The summed E-state index contributed by atoms with van der Waals surface area (Å²) in [5, 5.41) is 0. The minimum absolute atomic E-state index is 0.0196. The molecule has 2 aliphatic carbocycles. The molecule has 2 aromatic rings. The van der Waals surface area contributed by atoms with Crippen LogP contribution in [0.3, 0.4) is 0 Å². The van der Waals surface area contributed by atoms with Gasteiger partial charge in [0.25, 0.3) is 0 Å². The monoisotopic (exact) mass is 302 g/mol. The van der Waals surface area contributed by atoms with E-state index in [1.807, 2.05) is 24.3 Å². The van der Waals surface area contributed by atoms with Crippen LogP contribution in [0, 0.1) is 0 Å². The summed E-state index contributed by atoms with van der Waals surface area (Å²) >= 11 is 0. The highest BCUT2D eigenvalue weighted by Gasteiger charge is 2.27. The first-order valence-electron chi connectivity index (χ1n) is 7.56. The van der Waals surface area contributed by atoms with Crippen LogP contribution in [-0.2, 0) is 6.42 Å². The van der Waals surface area contributed by atoms with Gasteiger partial charge in [-0.25, -0.2) is 0 Å². The van der Waals surface area contributed by atoms with Gasteiger partial charge in [-0.1, -0.05) is 30.8 Å². The van der Waals surface area contributed by atoms with E-state index in [-0.39, 0.29) is 23.8 Å². The van der Waals surface area contributed by atoms with Gasteiger partial charge in [-0.2, -0.15) is 0 Å². The predicted molar refractivity (Wildman–Crippen MR) is 86.9 cm³/mol. The molecule has 0 N–H and O–H groups in total. The molecule has 0 saturated carbocycles. The van der Waals surface area contributed by atoms with E-state index in [1.165, 1.54) is 0 Å². The average molecular weight is 302 g/mol. The highest BCUT2D eigenvalue weighted by Crippen LogP contribution is 2.32. The first kappa shape index (κ1) is 13.8. The van der Waals surface area contributed by atoms with E-state index in [1.54, 1.807) is 12.1 Å². The van der Waals surface area contributed by atoms with Crippen molar-refractivity contribution in [3.05, 3.63) is 76.4 Å². The number of ketones is 3. The Labute approximate surface area is 133 Å². The lowest BCUT2D eigenvalue weighted by molar-refractivity contribution is 0.0921. The molecular formula is C20H14O3. The number of allylic oxidation sites excluding steroid dienone is 1. The minimum Gasteiger partial charge on any atom is -0.294 e. The maximum absolute atomic E-state index is 12.0. The molecule has 0 fully saturated rings. The summed E-state index contributed by atoms with van der Waals surface area (Å²) in [5.74, 6) is -0.0907. The van der Waals surface area contributed by atoms with E-state index >= 15 is 0 Å². The molecule has 0 radical (unpaired) electrons. The molecule has 0 spiro atoms. The highest BCUT2D eigenvalue weighted by atomic mass is 16.2. The molecule has 2 aliphatic rings. The molecule has 0 bridgehead atoms. The summed E-state index contributed by atoms with van der Waals surface area (Å²) in [4.78, 5) is 35.5. The Bertz CT molecular complexity index is 843. The second kappa shape index (κ2) is 4.85. The van der Waals surface area contributed by atoms with Gasteiger partial charge < -0.3 is 0 Å². The van der Waals surface area contributed by atoms with Crippen LogP contribution in [0.25, 0.3) is 5.57 Å². The third kappa shape index (κ3) is 2.16. The van der Waals surface area contributed by atoms with Crippen LogP contribution in [-0.4, -0.2) is 17.3 Å². The normalized spacial score (nSPS) is 16.0. The van der Waals surface area contributed by atoms with Crippen LogP contribution in [0.2, 0.25) is 0 Å². The van der Waals surface area contributed by atoms with Crippen LogP contribution in [0.5, 0.6) is 0 Å². The van der Waals surface area contributed by atoms with Gasteiger partial charge in [0, 0.05) is 23.1 Å². The summed E-state index contributed by atoms with van der Waals surface area (Å²) in [6.07, 6.45) is 1.00.